The quantitative estimate of drug-likeness (QED) is 0.845. The Morgan fingerprint density at radius 2 is 2.11 bits per heavy atom. The molecule has 0 aliphatic carbocycles. The van der Waals surface area contributed by atoms with Crippen molar-refractivity contribution in [2.24, 2.45) is 5.73 Å². The van der Waals surface area contributed by atoms with Crippen molar-refractivity contribution in [1.29, 1.82) is 0 Å². The molecule has 98 valence electrons. The topological polar surface area (TPSA) is 50.9 Å². The molecule has 19 heavy (non-hydrogen) atoms. The van der Waals surface area contributed by atoms with Gasteiger partial charge in [-0.25, -0.2) is 13.8 Å². The highest BCUT2D eigenvalue weighted by molar-refractivity contribution is 7.80. The third kappa shape index (κ3) is 3.23. The van der Waals surface area contributed by atoms with E-state index in [4.69, 9.17) is 18.0 Å². The molecule has 6 heteroatoms. The van der Waals surface area contributed by atoms with Gasteiger partial charge in [-0.05, 0) is 30.3 Å². The summed E-state index contributed by atoms with van der Waals surface area (Å²) in [5.41, 5.74) is 6.33. The highest BCUT2D eigenvalue weighted by atomic mass is 32.1. The Morgan fingerprint density at radius 1 is 1.32 bits per heavy atom. The van der Waals surface area contributed by atoms with E-state index in [1.165, 1.54) is 0 Å². The predicted molar refractivity (Wildman–Crippen MR) is 73.8 cm³/mol. The van der Waals surface area contributed by atoms with Crippen LogP contribution in [-0.4, -0.2) is 9.97 Å². The van der Waals surface area contributed by atoms with Gasteiger partial charge in [0, 0.05) is 18.3 Å². The molecule has 3 N–H and O–H groups in total. The maximum atomic E-state index is 13.5. The van der Waals surface area contributed by atoms with Gasteiger partial charge in [0.15, 0.2) is 0 Å². The number of hydrogen-bond donors (Lipinski definition) is 2. The highest BCUT2D eigenvalue weighted by Gasteiger charge is 2.08. The molecule has 0 amide bonds. The summed E-state index contributed by atoms with van der Waals surface area (Å²) in [7, 11) is 0. The van der Waals surface area contributed by atoms with Crippen LogP contribution in [0, 0.1) is 11.6 Å². The Balaban J connectivity index is 2.19. The third-order valence-corrected chi connectivity index (χ3v) is 2.75. The van der Waals surface area contributed by atoms with E-state index in [0.29, 0.717) is 11.4 Å². The lowest BCUT2D eigenvalue weighted by Gasteiger charge is -2.10. The number of thiocarbonyl (C=S) groups is 1. The zero-order valence-electron chi connectivity index (χ0n) is 9.86. The summed E-state index contributed by atoms with van der Waals surface area (Å²) >= 11 is 4.89. The summed E-state index contributed by atoms with van der Waals surface area (Å²) in [5, 5.41) is 2.89. The Bertz CT molecular complexity index is 617. The number of anilines is 1. The molecule has 2 aromatic rings. The summed E-state index contributed by atoms with van der Waals surface area (Å²) < 4.78 is 26.5. The Labute approximate surface area is 114 Å². The Kier molecular flexibility index (Phi) is 4.01. The van der Waals surface area contributed by atoms with Crippen LogP contribution in [0.2, 0.25) is 0 Å². The number of pyridine rings is 1. The summed E-state index contributed by atoms with van der Waals surface area (Å²) in [4.78, 5) is 4.26. The van der Waals surface area contributed by atoms with E-state index >= 15 is 0 Å². The number of rotatable bonds is 4. The van der Waals surface area contributed by atoms with E-state index in [1.807, 2.05) is 0 Å². The van der Waals surface area contributed by atoms with Gasteiger partial charge in [0.25, 0.3) is 0 Å². The number of nitrogens with two attached hydrogens (primary N) is 1. The zero-order valence-corrected chi connectivity index (χ0v) is 10.7. The molecule has 1 aromatic carbocycles. The molecular weight excluding hydrogens is 268 g/mol. The summed E-state index contributed by atoms with van der Waals surface area (Å²) in [6, 6.07) is 6.69. The lowest BCUT2D eigenvalue weighted by Crippen LogP contribution is -2.14. The van der Waals surface area contributed by atoms with Gasteiger partial charge in [-0.1, -0.05) is 12.2 Å². The van der Waals surface area contributed by atoms with Crippen molar-refractivity contribution < 1.29 is 8.78 Å². The second-order valence-corrected chi connectivity index (χ2v) is 4.29. The van der Waals surface area contributed by atoms with Gasteiger partial charge >= 0.3 is 0 Å². The molecule has 0 saturated carbocycles. The lowest BCUT2D eigenvalue weighted by molar-refractivity contribution is 0.587. The number of aromatic nitrogens is 1. The second kappa shape index (κ2) is 5.71. The van der Waals surface area contributed by atoms with Crippen molar-refractivity contribution in [1.82, 2.24) is 4.98 Å². The lowest BCUT2D eigenvalue weighted by atomic mass is 10.2. The number of benzene rings is 1. The highest BCUT2D eigenvalue weighted by Crippen LogP contribution is 2.15. The molecule has 0 saturated heterocycles. The number of hydrogen-bond acceptors (Lipinski definition) is 3. The van der Waals surface area contributed by atoms with Gasteiger partial charge < -0.3 is 11.1 Å². The van der Waals surface area contributed by atoms with Gasteiger partial charge in [0.2, 0.25) is 0 Å². The first-order chi connectivity index (χ1) is 9.08. The average Bonchev–Trinajstić information content (AvgIpc) is 2.40. The van der Waals surface area contributed by atoms with Crippen LogP contribution in [0.25, 0.3) is 0 Å². The van der Waals surface area contributed by atoms with Crippen molar-refractivity contribution in [2.75, 3.05) is 5.32 Å². The Hall–Kier alpha value is -2.08. The van der Waals surface area contributed by atoms with Gasteiger partial charge in [-0.2, -0.15) is 0 Å². The first-order valence-corrected chi connectivity index (χ1v) is 5.91. The van der Waals surface area contributed by atoms with E-state index in [0.717, 1.165) is 18.2 Å². The SMILES string of the molecule is NC(=S)c1cccnc1NCc1cc(F)ccc1F. The normalized spacial score (nSPS) is 10.2. The molecule has 0 radical (unpaired) electrons. The predicted octanol–water partition coefficient (Wildman–Crippen LogP) is 2.61. The minimum Gasteiger partial charge on any atom is -0.389 e. The summed E-state index contributed by atoms with van der Waals surface area (Å²) in [5.74, 6) is -0.533. The second-order valence-electron chi connectivity index (χ2n) is 3.85. The van der Waals surface area contributed by atoms with Crippen LogP contribution in [0.4, 0.5) is 14.6 Å². The fraction of sp³-hybridized carbons (Fsp3) is 0.0769. The number of nitrogens with zero attached hydrogens (tertiary/aromatic N) is 1. The van der Waals surface area contributed by atoms with Crippen LogP contribution in [0.15, 0.2) is 36.5 Å². The Morgan fingerprint density at radius 3 is 2.84 bits per heavy atom. The van der Waals surface area contributed by atoms with Crippen molar-refractivity contribution in [3.63, 3.8) is 0 Å². The molecule has 2 rings (SSSR count). The first-order valence-electron chi connectivity index (χ1n) is 5.50. The van der Waals surface area contributed by atoms with E-state index in [2.05, 4.69) is 10.3 Å². The van der Waals surface area contributed by atoms with Crippen molar-refractivity contribution >= 4 is 23.0 Å². The van der Waals surface area contributed by atoms with Gasteiger partial charge in [0.1, 0.15) is 22.4 Å². The van der Waals surface area contributed by atoms with Crippen molar-refractivity contribution in [3.05, 3.63) is 59.3 Å². The van der Waals surface area contributed by atoms with Gasteiger partial charge in [-0.15, -0.1) is 0 Å². The molecule has 0 bridgehead atoms. The first kappa shape index (κ1) is 13.4. The summed E-state index contributed by atoms with van der Waals surface area (Å²) in [6.07, 6.45) is 1.56. The molecular formula is C13H11F2N3S. The molecule has 0 fully saturated rings. The van der Waals surface area contributed by atoms with Crippen LogP contribution < -0.4 is 11.1 Å². The van der Waals surface area contributed by atoms with Crippen molar-refractivity contribution in [2.45, 2.75) is 6.54 Å². The maximum Gasteiger partial charge on any atom is 0.136 e. The molecule has 0 unspecified atom stereocenters. The van der Waals surface area contributed by atoms with E-state index in [-0.39, 0.29) is 17.1 Å². The minimum absolute atomic E-state index is 0.0935. The van der Waals surface area contributed by atoms with Crippen LogP contribution in [-0.2, 0) is 6.54 Å². The molecule has 1 aromatic heterocycles. The fourth-order valence-electron chi connectivity index (χ4n) is 1.60. The van der Waals surface area contributed by atoms with Crippen LogP contribution in [0.5, 0.6) is 0 Å². The average molecular weight is 279 g/mol. The smallest absolute Gasteiger partial charge is 0.136 e. The standard InChI is InChI=1S/C13H11F2N3S/c14-9-3-4-11(15)8(6-9)7-18-13-10(12(16)19)2-1-5-17-13/h1-6H,7H2,(H2,16,19)(H,17,18). The fourth-order valence-corrected chi connectivity index (χ4v) is 1.77. The molecule has 1 heterocycles. The number of halogens is 2. The molecule has 0 aliphatic heterocycles. The molecule has 3 nitrogen and oxygen atoms in total. The van der Waals surface area contributed by atoms with Crippen LogP contribution in [0.3, 0.4) is 0 Å². The van der Waals surface area contributed by atoms with E-state index in [1.54, 1.807) is 18.3 Å². The number of nitrogens with one attached hydrogen (secondary N) is 1. The van der Waals surface area contributed by atoms with E-state index < -0.39 is 11.6 Å². The van der Waals surface area contributed by atoms with Gasteiger partial charge in [0.05, 0.1) is 5.56 Å². The van der Waals surface area contributed by atoms with Crippen molar-refractivity contribution in [3.8, 4) is 0 Å². The van der Waals surface area contributed by atoms with Crippen LogP contribution in [0.1, 0.15) is 11.1 Å². The van der Waals surface area contributed by atoms with Crippen LogP contribution >= 0.6 is 12.2 Å². The minimum atomic E-state index is -0.492. The monoisotopic (exact) mass is 279 g/mol. The largest absolute Gasteiger partial charge is 0.389 e. The zero-order chi connectivity index (χ0) is 13.8. The molecule has 0 aliphatic rings. The molecule has 0 atom stereocenters. The third-order valence-electron chi connectivity index (χ3n) is 2.53. The maximum absolute atomic E-state index is 13.5. The summed E-state index contributed by atoms with van der Waals surface area (Å²) in [6.45, 7) is 0.0935. The molecule has 0 spiro atoms. The van der Waals surface area contributed by atoms with Gasteiger partial charge in [-0.3, -0.25) is 0 Å². The van der Waals surface area contributed by atoms with E-state index in [9.17, 15) is 8.78 Å².